The summed E-state index contributed by atoms with van der Waals surface area (Å²) in [6, 6.07) is 19.5. The fourth-order valence-electron chi connectivity index (χ4n) is 3.95. The van der Waals surface area contributed by atoms with Crippen LogP contribution < -0.4 is 10.4 Å². The van der Waals surface area contributed by atoms with Gasteiger partial charge in [0, 0.05) is 12.4 Å². The van der Waals surface area contributed by atoms with Gasteiger partial charge in [-0.25, -0.2) is 14.4 Å². The van der Waals surface area contributed by atoms with Gasteiger partial charge in [-0.3, -0.25) is 9.48 Å². The summed E-state index contributed by atoms with van der Waals surface area (Å²) in [5.74, 6) is 0.673. The van der Waals surface area contributed by atoms with E-state index >= 15 is 0 Å². The van der Waals surface area contributed by atoms with Crippen LogP contribution in [0.3, 0.4) is 0 Å². The lowest BCUT2D eigenvalue weighted by Crippen LogP contribution is -2.19. The molecule has 0 aliphatic heterocycles. The van der Waals surface area contributed by atoms with Crippen molar-refractivity contribution in [3.8, 4) is 17.1 Å². The summed E-state index contributed by atoms with van der Waals surface area (Å²) in [5.41, 5.74) is 5.83. The molecular weight excluding hydrogens is 458 g/mol. The van der Waals surface area contributed by atoms with Gasteiger partial charge < -0.3 is 4.42 Å². The van der Waals surface area contributed by atoms with Crippen molar-refractivity contribution in [2.24, 2.45) is 17.1 Å². The highest BCUT2D eigenvalue weighted by atomic mass is 32.1. The highest BCUT2D eigenvalue weighted by Gasteiger charge is 2.17. The second-order valence-electron chi connectivity index (χ2n) is 8.32. The monoisotopic (exact) mass is 483 g/mol. The van der Waals surface area contributed by atoms with E-state index in [4.69, 9.17) is 14.5 Å². The minimum absolute atomic E-state index is 0.186. The minimum Gasteiger partial charge on any atom is -0.463 e. The normalized spacial score (nSPS) is 12.2. The molecule has 8 heteroatoms. The highest BCUT2D eigenvalue weighted by Crippen LogP contribution is 2.22. The Morgan fingerprint density at radius 2 is 1.80 bits per heavy atom. The second kappa shape index (κ2) is 9.23. The molecule has 7 nitrogen and oxygen atoms in total. The zero-order chi connectivity index (χ0) is 24.5. The van der Waals surface area contributed by atoms with Gasteiger partial charge in [-0.1, -0.05) is 42.0 Å². The van der Waals surface area contributed by atoms with Crippen molar-refractivity contribution in [2.75, 3.05) is 0 Å². The first-order chi connectivity index (χ1) is 16.9. The van der Waals surface area contributed by atoms with Gasteiger partial charge >= 0.3 is 0 Å². The maximum Gasteiger partial charge on any atom is 0.297 e. The van der Waals surface area contributed by atoms with Crippen molar-refractivity contribution in [3.05, 3.63) is 110 Å². The average molecular weight is 484 g/mol. The molecule has 3 aromatic heterocycles. The summed E-state index contributed by atoms with van der Waals surface area (Å²) in [4.78, 5) is 18.8. The zero-order valence-corrected chi connectivity index (χ0v) is 20.8. The van der Waals surface area contributed by atoms with Gasteiger partial charge in [-0.2, -0.15) is 5.10 Å². The average Bonchev–Trinajstić information content (AvgIpc) is 3.56. The van der Waals surface area contributed by atoms with Crippen LogP contribution in [0.15, 0.2) is 91.6 Å². The summed E-state index contributed by atoms with van der Waals surface area (Å²) in [6.45, 7) is 6.02. The number of benzene rings is 2. The van der Waals surface area contributed by atoms with Crippen LogP contribution in [0, 0.1) is 20.8 Å². The van der Waals surface area contributed by atoms with Crippen molar-refractivity contribution < 1.29 is 4.42 Å². The zero-order valence-electron chi connectivity index (χ0n) is 20.0. The lowest BCUT2D eigenvalue weighted by molar-refractivity contribution is 0.575. The van der Waals surface area contributed by atoms with Crippen LogP contribution in [0.2, 0.25) is 0 Å². The molecule has 0 amide bonds. The Balaban J connectivity index is 1.68. The fourth-order valence-corrected chi connectivity index (χ4v) is 4.77. The Kier molecular flexibility index (Phi) is 5.96. The molecule has 35 heavy (non-hydrogen) atoms. The van der Waals surface area contributed by atoms with E-state index in [1.807, 2.05) is 78.8 Å². The molecule has 5 aromatic rings. The topological polar surface area (TPSA) is 69.7 Å². The van der Waals surface area contributed by atoms with Crippen molar-refractivity contribution in [2.45, 2.75) is 20.8 Å². The van der Waals surface area contributed by atoms with Gasteiger partial charge in [-0.05, 0) is 56.2 Å². The Hall–Kier alpha value is -4.17. The number of thiazole rings is 1. The largest absolute Gasteiger partial charge is 0.463 e. The summed E-state index contributed by atoms with van der Waals surface area (Å²) < 4.78 is 10.8. The van der Waals surface area contributed by atoms with Crippen molar-refractivity contribution in [1.82, 2.24) is 14.0 Å². The van der Waals surface area contributed by atoms with Gasteiger partial charge in [0.25, 0.3) is 5.56 Å². The summed E-state index contributed by atoms with van der Waals surface area (Å²) in [7, 11) is 1.86. The maximum absolute atomic E-state index is 13.4. The molecule has 2 aromatic carbocycles. The molecule has 5 rings (SSSR count). The maximum atomic E-state index is 13.4. The predicted molar refractivity (Wildman–Crippen MR) is 140 cm³/mol. The third-order valence-electron chi connectivity index (χ3n) is 5.93. The second-order valence-corrected chi connectivity index (χ2v) is 9.16. The summed E-state index contributed by atoms with van der Waals surface area (Å²) in [6.07, 6.45) is 3.44. The first-order valence-corrected chi connectivity index (χ1v) is 12.1. The van der Waals surface area contributed by atoms with Gasteiger partial charge in [-0.15, -0.1) is 11.3 Å². The smallest absolute Gasteiger partial charge is 0.297 e. The molecule has 0 bridgehead atoms. The van der Waals surface area contributed by atoms with E-state index in [0.717, 1.165) is 28.2 Å². The molecule has 0 radical (unpaired) electrons. The Bertz CT molecular complexity index is 1650. The summed E-state index contributed by atoms with van der Waals surface area (Å²) >= 11 is 1.40. The van der Waals surface area contributed by atoms with E-state index < -0.39 is 0 Å². The Morgan fingerprint density at radius 1 is 1.00 bits per heavy atom. The van der Waals surface area contributed by atoms with Gasteiger partial charge in [0.05, 0.1) is 23.9 Å². The van der Waals surface area contributed by atoms with Crippen LogP contribution in [0.25, 0.3) is 17.1 Å². The summed E-state index contributed by atoms with van der Waals surface area (Å²) in [5, 5.41) is 6.69. The molecule has 0 atom stereocenters. The quantitative estimate of drug-likeness (QED) is 0.317. The van der Waals surface area contributed by atoms with Crippen molar-refractivity contribution >= 4 is 23.2 Å². The standard InChI is InChI=1S/C27H25N5O2S/c1-18-12-13-21(19(2)15-18)16-28-31-23(24-11-8-14-34-24)17-35-27(31)29-25-20(3)30(4)32(26(25)33)22-9-6-5-7-10-22/h5-17H,1-4H3. The van der Waals surface area contributed by atoms with E-state index in [-0.39, 0.29) is 5.56 Å². The molecule has 176 valence electrons. The molecule has 0 saturated heterocycles. The van der Waals surface area contributed by atoms with Crippen LogP contribution in [0.5, 0.6) is 0 Å². The molecule has 0 aliphatic carbocycles. The third kappa shape index (κ3) is 4.24. The van der Waals surface area contributed by atoms with E-state index in [1.54, 1.807) is 15.6 Å². The molecular formula is C27H25N5O2S. The van der Waals surface area contributed by atoms with Crippen LogP contribution in [-0.2, 0) is 7.05 Å². The van der Waals surface area contributed by atoms with Crippen LogP contribution in [-0.4, -0.2) is 20.3 Å². The first-order valence-electron chi connectivity index (χ1n) is 11.2. The van der Waals surface area contributed by atoms with Gasteiger partial charge in [0.1, 0.15) is 5.69 Å². The van der Waals surface area contributed by atoms with E-state index in [0.29, 0.717) is 16.2 Å². The fraction of sp³-hybridized carbons (Fsp3) is 0.148. The molecule has 0 spiro atoms. The molecule has 0 aliphatic rings. The lowest BCUT2D eigenvalue weighted by Gasteiger charge is -2.07. The van der Waals surface area contributed by atoms with Crippen molar-refractivity contribution in [1.29, 1.82) is 0 Å². The van der Waals surface area contributed by atoms with Crippen LogP contribution >= 0.6 is 11.3 Å². The SMILES string of the molecule is Cc1ccc(C=Nn2c(-c3ccco3)csc2=Nc2c(C)n(C)n(-c3ccccc3)c2=O)c(C)c1. The van der Waals surface area contributed by atoms with E-state index in [2.05, 4.69) is 26.0 Å². The van der Waals surface area contributed by atoms with Crippen LogP contribution in [0.1, 0.15) is 22.4 Å². The number of aromatic nitrogens is 3. The van der Waals surface area contributed by atoms with Crippen LogP contribution in [0.4, 0.5) is 5.69 Å². The number of nitrogens with zero attached hydrogens (tertiary/aromatic N) is 5. The highest BCUT2D eigenvalue weighted by molar-refractivity contribution is 7.07. The van der Waals surface area contributed by atoms with Gasteiger partial charge in [0.2, 0.25) is 4.80 Å². The molecule has 0 N–H and O–H groups in total. The molecule has 0 unspecified atom stereocenters. The van der Waals surface area contributed by atoms with Crippen molar-refractivity contribution in [3.63, 3.8) is 0 Å². The third-order valence-corrected chi connectivity index (χ3v) is 6.74. The number of furan rings is 1. The first kappa shape index (κ1) is 22.6. The molecule has 3 heterocycles. The minimum atomic E-state index is -0.186. The Morgan fingerprint density at radius 3 is 2.51 bits per heavy atom. The number of para-hydroxylation sites is 1. The number of aryl methyl sites for hydroxylation is 2. The van der Waals surface area contributed by atoms with E-state index in [1.165, 1.54) is 16.9 Å². The number of hydrogen-bond donors (Lipinski definition) is 0. The number of hydrogen-bond acceptors (Lipinski definition) is 5. The van der Waals surface area contributed by atoms with Gasteiger partial charge in [0.15, 0.2) is 11.4 Å². The predicted octanol–water partition coefficient (Wildman–Crippen LogP) is 5.34. The van der Waals surface area contributed by atoms with E-state index in [9.17, 15) is 4.79 Å². The lowest BCUT2D eigenvalue weighted by atomic mass is 10.1. The number of rotatable bonds is 5. The Labute approximate surface area is 206 Å². The molecule has 0 saturated carbocycles. The molecule has 0 fully saturated rings.